The number of thiophene rings is 2. The van der Waals surface area contributed by atoms with E-state index in [0.717, 1.165) is 33.8 Å². The van der Waals surface area contributed by atoms with Gasteiger partial charge in [0.25, 0.3) is 0 Å². The number of amidine groups is 2. The van der Waals surface area contributed by atoms with E-state index in [-0.39, 0.29) is 6.17 Å². The number of aromatic nitrogens is 1. The fraction of sp³-hybridized carbons (Fsp3) is 0.0182. The quantitative estimate of drug-likeness (QED) is 0.185. The average molecular weight is 815 g/mol. The summed E-state index contributed by atoms with van der Waals surface area (Å²) in [6, 6.07) is 70.3. The SMILES string of the molecule is c1ccc(C2N=C(c3ccc(-n4c5ccccc5c5cc6ccccc6cc54)c(-c4cccc5sc6ccccc6c45)c3)N=C(c3cccc4sc5ccccc5c34)N2)cc1. The van der Waals surface area contributed by atoms with Gasteiger partial charge < -0.3 is 9.88 Å². The molecule has 4 nitrogen and oxygen atoms in total. The molecule has 4 heterocycles. The Bertz CT molecular complexity index is 3810. The van der Waals surface area contributed by atoms with Crippen LogP contribution in [-0.4, -0.2) is 16.2 Å². The van der Waals surface area contributed by atoms with E-state index in [0.29, 0.717) is 5.84 Å². The minimum absolute atomic E-state index is 0.332. The molecule has 0 saturated heterocycles. The van der Waals surface area contributed by atoms with E-state index in [1.54, 1.807) is 0 Å². The second-order valence-electron chi connectivity index (χ2n) is 15.7. The Morgan fingerprint density at radius 3 is 1.80 bits per heavy atom. The van der Waals surface area contributed by atoms with Crippen LogP contribution < -0.4 is 5.32 Å². The summed E-state index contributed by atoms with van der Waals surface area (Å²) < 4.78 is 7.53. The summed E-state index contributed by atoms with van der Waals surface area (Å²) in [5.74, 6) is 1.52. The van der Waals surface area contributed by atoms with Crippen LogP contribution in [0.5, 0.6) is 0 Å². The number of benzene rings is 9. The molecule has 0 amide bonds. The average Bonchev–Trinajstić information content (AvgIpc) is 4.00. The molecule has 9 aromatic carbocycles. The first-order chi connectivity index (χ1) is 30.2. The van der Waals surface area contributed by atoms with E-state index < -0.39 is 0 Å². The number of aliphatic imine (C=N–C) groups is 2. The van der Waals surface area contributed by atoms with Gasteiger partial charge in [-0.05, 0) is 82.6 Å². The number of hydrogen-bond donors (Lipinski definition) is 1. The van der Waals surface area contributed by atoms with E-state index in [9.17, 15) is 0 Å². The zero-order valence-corrected chi connectivity index (χ0v) is 34.3. The van der Waals surface area contributed by atoms with Crippen LogP contribution in [0.25, 0.3) is 89.7 Å². The molecule has 3 aromatic heterocycles. The van der Waals surface area contributed by atoms with E-state index in [4.69, 9.17) is 9.98 Å². The van der Waals surface area contributed by atoms with E-state index in [2.05, 4.69) is 204 Å². The molecule has 0 radical (unpaired) electrons. The number of para-hydroxylation sites is 1. The van der Waals surface area contributed by atoms with Crippen LogP contribution in [0.4, 0.5) is 0 Å². The normalized spacial score (nSPS) is 14.4. The minimum atomic E-state index is -0.332. The van der Waals surface area contributed by atoms with Gasteiger partial charge >= 0.3 is 0 Å². The Hall–Kier alpha value is -7.38. The van der Waals surface area contributed by atoms with Crippen LogP contribution in [0.2, 0.25) is 0 Å². The molecule has 1 unspecified atom stereocenters. The summed E-state index contributed by atoms with van der Waals surface area (Å²) in [5.41, 5.74) is 8.89. The van der Waals surface area contributed by atoms with Crippen molar-refractivity contribution in [3.05, 3.63) is 211 Å². The maximum atomic E-state index is 5.45. The Kier molecular flexibility index (Phi) is 7.67. The molecule has 0 spiro atoms. The summed E-state index contributed by atoms with van der Waals surface area (Å²) in [6.07, 6.45) is -0.332. The van der Waals surface area contributed by atoms with E-state index >= 15 is 0 Å². The third kappa shape index (κ3) is 5.43. The van der Waals surface area contributed by atoms with Crippen LogP contribution in [-0.2, 0) is 0 Å². The Morgan fingerprint density at radius 1 is 0.443 bits per heavy atom. The van der Waals surface area contributed by atoms with Crippen LogP contribution in [0.15, 0.2) is 204 Å². The van der Waals surface area contributed by atoms with Crippen LogP contribution in [0.3, 0.4) is 0 Å². The second kappa shape index (κ2) is 13.6. The van der Waals surface area contributed by atoms with Crippen molar-refractivity contribution in [2.24, 2.45) is 9.98 Å². The van der Waals surface area contributed by atoms with Crippen molar-refractivity contribution in [3.8, 4) is 16.8 Å². The zero-order chi connectivity index (χ0) is 40.0. The fourth-order valence-electron chi connectivity index (χ4n) is 9.49. The first-order valence-corrected chi connectivity index (χ1v) is 22.2. The number of nitrogens with one attached hydrogen (secondary N) is 1. The fourth-order valence-corrected chi connectivity index (χ4v) is 11.8. The summed E-state index contributed by atoms with van der Waals surface area (Å²) in [4.78, 5) is 10.9. The highest BCUT2D eigenvalue weighted by Crippen LogP contribution is 2.44. The Balaban J connectivity index is 1.10. The summed E-state index contributed by atoms with van der Waals surface area (Å²) >= 11 is 3.67. The molecule has 1 aliphatic heterocycles. The molecule has 12 aromatic rings. The van der Waals surface area contributed by atoms with E-state index in [1.165, 1.54) is 78.5 Å². The van der Waals surface area contributed by atoms with Gasteiger partial charge in [0.15, 0.2) is 5.84 Å². The second-order valence-corrected chi connectivity index (χ2v) is 17.9. The largest absolute Gasteiger partial charge is 0.344 e. The molecular weight excluding hydrogens is 781 g/mol. The van der Waals surface area contributed by atoms with Crippen molar-refractivity contribution < 1.29 is 0 Å². The van der Waals surface area contributed by atoms with Gasteiger partial charge in [-0.2, -0.15) is 0 Å². The van der Waals surface area contributed by atoms with Gasteiger partial charge in [0.2, 0.25) is 0 Å². The molecule has 6 heteroatoms. The number of nitrogens with zero attached hydrogens (tertiary/aromatic N) is 3. The van der Waals surface area contributed by atoms with Crippen molar-refractivity contribution in [1.29, 1.82) is 0 Å². The van der Waals surface area contributed by atoms with E-state index in [1.807, 2.05) is 22.7 Å². The first-order valence-electron chi connectivity index (χ1n) is 20.6. The lowest BCUT2D eigenvalue weighted by atomic mass is 9.95. The smallest absolute Gasteiger partial charge is 0.159 e. The summed E-state index contributed by atoms with van der Waals surface area (Å²) in [6.45, 7) is 0. The number of rotatable bonds is 5. The molecule has 0 bridgehead atoms. The topological polar surface area (TPSA) is 41.7 Å². The predicted octanol–water partition coefficient (Wildman–Crippen LogP) is 14.8. The van der Waals surface area contributed by atoms with Gasteiger partial charge in [-0.3, -0.25) is 0 Å². The monoisotopic (exact) mass is 814 g/mol. The van der Waals surface area contributed by atoms with Crippen LogP contribution in [0.1, 0.15) is 22.9 Å². The zero-order valence-electron chi connectivity index (χ0n) is 32.7. The number of fused-ring (bicyclic) bond motifs is 10. The van der Waals surface area contributed by atoms with Crippen molar-refractivity contribution in [3.63, 3.8) is 0 Å². The van der Waals surface area contributed by atoms with Crippen LogP contribution in [0, 0.1) is 0 Å². The predicted molar refractivity (Wildman–Crippen MR) is 261 cm³/mol. The van der Waals surface area contributed by atoms with Crippen molar-refractivity contribution in [2.75, 3.05) is 0 Å². The maximum Gasteiger partial charge on any atom is 0.159 e. The lowest BCUT2D eigenvalue weighted by Crippen LogP contribution is -2.33. The molecule has 286 valence electrons. The molecule has 61 heavy (non-hydrogen) atoms. The minimum Gasteiger partial charge on any atom is -0.344 e. The lowest BCUT2D eigenvalue weighted by molar-refractivity contribution is 0.674. The maximum absolute atomic E-state index is 5.45. The Morgan fingerprint density at radius 2 is 1.05 bits per heavy atom. The Labute approximate surface area is 359 Å². The first kappa shape index (κ1) is 34.5. The lowest BCUT2D eigenvalue weighted by Gasteiger charge is -2.24. The van der Waals surface area contributed by atoms with Crippen molar-refractivity contribution >= 4 is 107 Å². The third-order valence-corrected chi connectivity index (χ3v) is 14.5. The van der Waals surface area contributed by atoms with Gasteiger partial charge in [-0.15, -0.1) is 22.7 Å². The molecule has 1 N–H and O–H groups in total. The van der Waals surface area contributed by atoms with Gasteiger partial charge in [-0.25, -0.2) is 9.98 Å². The standard InChI is InChI=1S/C55H34N4S2/c1-2-14-33(15-3-1)53-56-54(58-55(57-53)41-22-13-27-50-52(41)40-20-8-11-25-48(40)61-50)36-28-29-45(43(31-36)38-21-12-26-49-51(38)39-19-7-10-24-47(39)60-49)59-44-23-9-6-18-37(44)42-30-34-16-4-5-17-35(34)32-46(42)59/h1-32,53H,(H,56,57,58). The van der Waals surface area contributed by atoms with Crippen molar-refractivity contribution in [1.82, 2.24) is 9.88 Å². The van der Waals surface area contributed by atoms with Gasteiger partial charge in [0.05, 0.1) is 16.7 Å². The molecule has 0 fully saturated rings. The molecular formula is C55H34N4S2. The van der Waals surface area contributed by atoms with Crippen LogP contribution >= 0.6 is 22.7 Å². The highest BCUT2D eigenvalue weighted by atomic mass is 32.1. The highest BCUT2D eigenvalue weighted by Gasteiger charge is 2.25. The summed E-state index contributed by atoms with van der Waals surface area (Å²) in [7, 11) is 0. The highest BCUT2D eigenvalue weighted by molar-refractivity contribution is 7.26. The molecule has 0 aliphatic carbocycles. The van der Waals surface area contributed by atoms with Gasteiger partial charge in [0, 0.05) is 67.8 Å². The molecule has 0 saturated carbocycles. The molecule has 1 atom stereocenters. The third-order valence-electron chi connectivity index (χ3n) is 12.2. The van der Waals surface area contributed by atoms with Gasteiger partial charge in [0.1, 0.15) is 12.0 Å². The molecule has 1 aliphatic rings. The van der Waals surface area contributed by atoms with Gasteiger partial charge in [-0.1, -0.05) is 133 Å². The summed E-state index contributed by atoms with van der Waals surface area (Å²) in [5, 5.41) is 13.7. The number of hydrogen-bond acceptors (Lipinski definition) is 5. The molecule has 13 rings (SSSR count). The van der Waals surface area contributed by atoms with Crippen molar-refractivity contribution in [2.45, 2.75) is 6.17 Å².